The average molecular weight is 377 g/mol. The van der Waals surface area contributed by atoms with Crippen molar-refractivity contribution in [2.45, 2.75) is 37.4 Å². The van der Waals surface area contributed by atoms with E-state index in [0.717, 1.165) is 12.1 Å². The predicted octanol–water partition coefficient (Wildman–Crippen LogP) is 4.06. The minimum Gasteiger partial charge on any atom is -0.427 e. The molecule has 0 aliphatic carbocycles. The van der Waals surface area contributed by atoms with E-state index in [1.807, 2.05) is 0 Å². The fourth-order valence-electron chi connectivity index (χ4n) is 3.19. The van der Waals surface area contributed by atoms with Gasteiger partial charge in [-0.15, -0.1) is 0 Å². The lowest BCUT2D eigenvalue weighted by atomic mass is 9.87. The maximum atomic E-state index is 12.8. The molecular weight excluding hydrogens is 359 g/mol. The number of hydrogen-bond donors (Lipinski definition) is 1. The van der Waals surface area contributed by atoms with Crippen LogP contribution in [0.25, 0.3) is 0 Å². The van der Waals surface area contributed by atoms with Crippen LogP contribution in [0.5, 0.6) is 5.75 Å². The summed E-state index contributed by atoms with van der Waals surface area (Å²) in [7, 11) is 0. The van der Waals surface area contributed by atoms with Gasteiger partial charge in [0.1, 0.15) is 5.75 Å². The molecule has 7 heteroatoms. The van der Waals surface area contributed by atoms with Gasteiger partial charge in [-0.05, 0) is 36.2 Å². The number of alkyl halides is 3. The van der Waals surface area contributed by atoms with Crippen molar-refractivity contribution >= 4 is 11.9 Å². The topological polar surface area (TPSA) is 55.4 Å². The molecule has 1 heterocycles. The SMILES string of the molecule is O=C1CCC(C(CC(=O)Oc2ccccc2)c2ccc(C(F)(F)F)cc2)N1. The van der Waals surface area contributed by atoms with Crippen LogP contribution in [0.3, 0.4) is 0 Å². The first-order valence-corrected chi connectivity index (χ1v) is 8.55. The summed E-state index contributed by atoms with van der Waals surface area (Å²) < 4.78 is 43.7. The zero-order valence-corrected chi connectivity index (χ0v) is 14.3. The standard InChI is InChI=1S/C20H18F3NO3/c21-20(22,23)14-8-6-13(7-9-14)16(17-10-11-18(25)24-17)12-19(26)27-15-4-2-1-3-5-15/h1-9,16-17H,10-12H2,(H,24,25). The van der Waals surface area contributed by atoms with E-state index in [9.17, 15) is 22.8 Å². The number of carbonyl (C=O) groups is 2. The molecule has 0 aromatic heterocycles. The van der Waals surface area contributed by atoms with Gasteiger partial charge >= 0.3 is 12.1 Å². The summed E-state index contributed by atoms with van der Waals surface area (Å²) >= 11 is 0. The Balaban J connectivity index is 1.78. The Morgan fingerprint density at radius 1 is 1.11 bits per heavy atom. The number of rotatable bonds is 5. The van der Waals surface area contributed by atoms with Crippen molar-refractivity contribution in [1.29, 1.82) is 0 Å². The molecule has 3 rings (SSSR count). The van der Waals surface area contributed by atoms with E-state index in [-0.39, 0.29) is 18.4 Å². The van der Waals surface area contributed by atoms with Crippen LogP contribution in [0, 0.1) is 0 Å². The third-order valence-electron chi connectivity index (χ3n) is 4.54. The monoisotopic (exact) mass is 377 g/mol. The van der Waals surface area contributed by atoms with Crippen molar-refractivity contribution < 1.29 is 27.5 Å². The molecule has 1 N–H and O–H groups in total. The number of ether oxygens (including phenoxy) is 1. The van der Waals surface area contributed by atoms with Crippen molar-refractivity contribution in [3.63, 3.8) is 0 Å². The van der Waals surface area contributed by atoms with Crippen LogP contribution in [0.1, 0.15) is 36.3 Å². The highest BCUT2D eigenvalue weighted by atomic mass is 19.4. The zero-order valence-electron chi connectivity index (χ0n) is 14.3. The molecule has 1 saturated heterocycles. The summed E-state index contributed by atoms with van der Waals surface area (Å²) in [4.78, 5) is 23.9. The summed E-state index contributed by atoms with van der Waals surface area (Å²) in [5, 5.41) is 2.80. The van der Waals surface area contributed by atoms with Gasteiger partial charge in [0, 0.05) is 18.4 Å². The summed E-state index contributed by atoms with van der Waals surface area (Å²) in [6.45, 7) is 0. The fraction of sp³-hybridized carbons (Fsp3) is 0.300. The van der Waals surface area contributed by atoms with Crippen molar-refractivity contribution in [3.05, 3.63) is 65.7 Å². The van der Waals surface area contributed by atoms with Gasteiger partial charge in [-0.25, -0.2) is 0 Å². The number of hydrogen-bond acceptors (Lipinski definition) is 3. The molecule has 1 fully saturated rings. The molecule has 0 radical (unpaired) electrons. The van der Waals surface area contributed by atoms with Crippen LogP contribution >= 0.6 is 0 Å². The molecular formula is C20H18F3NO3. The molecule has 1 amide bonds. The van der Waals surface area contributed by atoms with Gasteiger partial charge in [0.15, 0.2) is 0 Å². The van der Waals surface area contributed by atoms with Crippen LogP contribution in [0.2, 0.25) is 0 Å². The second-order valence-electron chi connectivity index (χ2n) is 6.43. The Hall–Kier alpha value is -2.83. The normalized spacial score (nSPS) is 18.0. The van der Waals surface area contributed by atoms with Gasteiger partial charge < -0.3 is 10.1 Å². The van der Waals surface area contributed by atoms with Gasteiger partial charge in [0.05, 0.1) is 12.0 Å². The molecule has 4 nitrogen and oxygen atoms in total. The van der Waals surface area contributed by atoms with E-state index in [2.05, 4.69) is 5.32 Å². The molecule has 2 aromatic rings. The van der Waals surface area contributed by atoms with Crippen LogP contribution < -0.4 is 10.1 Å². The van der Waals surface area contributed by atoms with E-state index in [1.54, 1.807) is 30.3 Å². The lowest BCUT2D eigenvalue weighted by Gasteiger charge is -2.23. The van der Waals surface area contributed by atoms with E-state index in [0.29, 0.717) is 24.2 Å². The number of nitrogens with one attached hydrogen (secondary N) is 1. The Morgan fingerprint density at radius 3 is 2.33 bits per heavy atom. The maximum Gasteiger partial charge on any atom is 0.416 e. The number of para-hydroxylation sites is 1. The van der Waals surface area contributed by atoms with E-state index >= 15 is 0 Å². The summed E-state index contributed by atoms with van der Waals surface area (Å²) in [5.74, 6) is -0.709. The fourth-order valence-corrected chi connectivity index (χ4v) is 3.19. The Labute approximate surface area is 154 Å². The van der Waals surface area contributed by atoms with E-state index in [4.69, 9.17) is 4.74 Å². The lowest BCUT2D eigenvalue weighted by Crippen LogP contribution is -2.33. The van der Waals surface area contributed by atoms with Gasteiger partial charge in [0.2, 0.25) is 5.91 Å². The highest BCUT2D eigenvalue weighted by Gasteiger charge is 2.34. The Kier molecular flexibility index (Phi) is 5.48. The van der Waals surface area contributed by atoms with Crippen LogP contribution in [0.15, 0.2) is 54.6 Å². The predicted molar refractivity (Wildman–Crippen MR) is 92.0 cm³/mol. The van der Waals surface area contributed by atoms with Crippen molar-refractivity contribution in [2.75, 3.05) is 0 Å². The van der Waals surface area contributed by atoms with E-state index in [1.165, 1.54) is 12.1 Å². The van der Waals surface area contributed by atoms with Crippen LogP contribution in [-0.2, 0) is 15.8 Å². The first-order valence-electron chi connectivity index (χ1n) is 8.55. The molecule has 142 valence electrons. The largest absolute Gasteiger partial charge is 0.427 e. The second-order valence-corrected chi connectivity index (χ2v) is 6.43. The molecule has 1 aliphatic heterocycles. The minimum absolute atomic E-state index is 0.0504. The third kappa shape index (κ3) is 4.87. The molecule has 0 saturated carbocycles. The average Bonchev–Trinajstić information content (AvgIpc) is 3.06. The van der Waals surface area contributed by atoms with Gasteiger partial charge in [-0.3, -0.25) is 9.59 Å². The van der Waals surface area contributed by atoms with Gasteiger partial charge in [-0.1, -0.05) is 30.3 Å². The minimum atomic E-state index is -4.43. The van der Waals surface area contributed by atoms with Gasteiger partial charge in [-0.2, -0.15) is 13.2 Å². The lowest BCUT2D eigenvalue weighted by molar-refractivity contribution is -0.138. The highest BCUT2D eigenvalue weighted by Crippen LogP contribution is 2.33. The Bertz CT molecular complexity index is 803. The third-order valence-corrected chi connectivity index (χ3v) is 4.54. The second kappa shape index (κ2) is 7.82. The molecule has 2 atom stereocenters. The number of halogens is 3. The number of carbonyl (C=O) groups excluding carboxylic acids is 2. The van der Waals surface area contributed by atoms with Crippen LogP contribution in [-0.4, -0.2) is 17.9 Å². The molecule has 0 spiro atoms. The quantitative estimate of drug-likeness (QED) is 0.631. The Morgan fingerprint density at radius 2 is 1.78 bits per heavy atom. The molecule has 2 unspecified atom stereocenters. The maximum absolute atomic E-state index is 12.8. The van der Waals surface area contributed by atoms with E-state index < -0.39 is 23.6 Å². The number of benzene rings is 2. The summed E-state index contributed by atoms with van der Waals surface area (Å²) in [5.41, 5.74) is -0.201. The zero-order chi connectivity index (χ0) is 19.4. The van der Waals surface area contributed by atoms with Crippen LogP contribution in [0.4, 0.5) is 13.2 Å². The summed E-state index contributed by atoms with van der Waals surface area (Å²) in [6, 6.07) is 12.9. The number of amides is 1. The molecule has 0 bridgehead atoms. The van der Waals surface area contributed by atoms with Crippen molar-refractivity contribution in [2.24, 2.45) is 0 Å². The van der Waals surface area contributed by atoms with Crippen molar-refractivity contribution in [1.82, 2.24) is 5.32 Å². The molecule has 1 aliphatic rings. The molecule has 2 aromatic carbocycles. The first-order chi connectivity index (χ1) is 12.8. The molecule has 27 heavy (non-hydrogen) atoms. The summed E-state index contributed by atoms with van der Waals surface area (Å²) in [6.07, 6.45) is -3.63. The van der Waals surface area contributed by atoms with Gasteiger partial charge in [0.25, 0.3) is 0 Å². The number of esters is 1. The van der Waals surface area contributed by atoms with Crippen molar-refractivity contribution in [3.8, 4) is 5.75 Å². The smallest absolute Gasteiger partial charge is 0.416 e. The first kappa shape index (κ1) is 18.9. The highest BCUT2D eigenvalue weighted by molar-refractivity contribution is 5.79.